The first-order valence-corrected chi connectivity index (χ1v) is 15.3. The predicted octanol–water partition coefficient (Wildman–Crippen LogP) is 4.20. The first kappa shape index (κ1) is 28.1. The quantitative estimate of drug-likeness (QED) is 0.363. The number of thiazole rings is 1. The lowest BCUT2D eigenvalue weighted by molar-refractivity contribution is -0.126. The predicted molar refractivity (Wildman–Crippen MR) is 147 cm³/mol. The minimum atomic E-state index is -3.97. The number of hydrogen-bond donors (Lipinski definition) is 2. The summed E-state index contributed by atoms with van der Waals surface area (Å²) in [5, 5.41) is 3.66. The Morgan fingerprint density at radius 3 is 2.47 bits per heavy atom. The summed E-state index contributed by atoms with van der Waals surface area (Å²) in [7, 11) is -3.97. The van der Waals surface area contributed by atoms with Crippen molar-refractivity contribution >= 4 is 43.2 Å². The third kappa shape index (κ3) is 6.93. The van der Waals surface area contributed by atoms with Crippen LogP contribution in [0.25, 0.3) is 21.3 Å². The standard InChI is InChI=1S/C27H33FN4O4S2/c1-15(2)9-19-6-5-17(12-29-19)20-10-22-23(11-21(20)28)37-27(32-22)25(38(35,36)14-16(3)4)26(34)30-13-24(33)31-18-7-8-18/h5-6,10-12,15-16,18,25H,7-9,13-14H2,1-4H3,(H,30,34)(H,31,33). The molecule has 0 aliphatic heterocycles. The number of halogens is 1. The number of rotatable bonds is 11. The molecule has 1 atom stereocenters. The Bertz CT molecular complexity index is 1430. The number of hydrogen-bond acceptors (Lipinski definition) is 7. The van der Waals surface area contributed by atoms with E-state index in [9.17, 15) is 18.0 Å². The van der Waals surface area contributed by atoms with Crippen molar-refractivity contribution in [1.29, 1.82) is 0 Å². The molecule has 1 unspecified atom stereocenters. The van der Waals surface area contributed by atoms with E-state index in [0.717, 1.165) is 36.3 Å². The summed E-state index contributed by atoms with van der Waals surface area (Å²) >= 11 is 0.963. The molecule has 2 amide bonds. The van der Waals surface area contributed by atoms with Gasteiger partial charge >= 0.3 is 0 Å². The molecule has 38 heavy (non-hydrogen) atoms. The second-order valence-corrected chi connectivity index (χ2v) is 13.8. The SMILES string of the molecule is CC(C)Cc1ccc(-c2cc3nc(C(C(=O)NCC(=O)NC4CC4)S(=O)(=O)CC(C)C)sc3cc2F)cn1. The summed E-state index contributed by atoms with van der Waals surface area (Å²) in [6, 6.07) is 6.65. The van der Waals surface area contributed by atoms with Crippen LogP contribution >= 0.6 is 11.3 Å². The van der Waals surface area contributed by atoms with E-state index in [1.54, 1.807) is 32.2 Å². The molecule has 0 bridgehead atoms. The fourth-order valence-corrected chi connectivity index (χ4v) is 7.61. The van der Waals surface area contributed by atoms with Crippen molar-refractivity contribution in [3.63, 3.8) is 0 Å². The van der Waals surface area contributed by atoms with Crippen LogP contribution < -0.4 is 10.6 Å². The first-order chi connectivity index (χ1) is 17.9. The highest BCUT2D eigenvalue weighted by Crippen LogP contribution is 2.35. The van der Waals surface area contributed by atoms with Gasteiger partial charge in [0, 0.05) is 29.1 Å². The lowest BCUT2D eigenvalue weighted by Crippen LogP contribution is -2.42. The molecule has 2 aromatic heterocycles. The molecule has 0 saturated heterocycles. The van der Waals surface area contributed by atoms with Gasteiger partial charge in [0.15, 0.2) is 15.1 Å². The van der Waals surface area contributed by atoms with Crippen LogP contribution in [0.1, 0.15) is 56.5 Å². The van der Waals surface area contributed by atoms with E-state index < -0.39 is 26.8 Å². The van der Waals surface area contributed by atoms with Gasteiger partial charge in [0.1, 0.15) is 10.8 Å². The van der Waals surface area contributed by atoms with Gasteiger partial charge in [-0.15, -0.1) is 11.3 Å². The van der Waals surface area contributed by atoms with Gasteiger partial charge in [0.05, 0.1) is 22.5 Å². The maximum atomic E-state index is 15.1. The highest BCUT2D eigenvalue weighted by atomic mass is 32.2. The summed E-state index contributed by atoms with van der Waals surface area (Å²) in [6.45, 7) is 7.36. The molecule has 1 aliphatic rings. The third-order valence-corrected chi connectivity index (χ3v) is 9.52. The molecule has 1 saturated carbocycles. The van der Waals surface area contributed by atoms with Gasteiger partial charge < -0.3 is 10.6 Å². The van der Waals surface area contributed by atoms with Gasteiger partial charge in [-0.05, 0) is 49.3 Å². The van der Waals surface area contributed by atoms with E-state index in [-0.39, 0.29) is 35.2 Å². The minimum absolute atomic E-state index is 0.0442. The van der Waals surface area contributed by atoms with Crippen LogP contribution in [0.5, 0.6) is 0 Å². The Labute approximate surface area is 226 Å². The van der Waals surface area contributed by atoms with Crippen LogP contribution in [0.15, 0.2) is 30.5 Å². The lowest BCUT2D eigenvalue weighted by atomic mass is 10.0. The molecule has 1 aromatic carbocycles. The topological polar surface area (TPSA) is 118 Å². The molecule has 2 N–H and O–H groups in total. The maximum Gasteiger partial charge on any atom is 0.245 e. The van der Waals surface area contributed by atoms with Crippen LogP contribution in [-0.2, 0) is 25.8 Å². The average molecular weight is 561 g/mol. The number of sulfone groups is 1. The minimum Gasteiger partial charge on any atom is -0.352 e. The van der Waals surface area contributed by atoms with Crippen molar-refractivity contribution in [3.05, 3.63) is 47.0 Å². The molecule has 204 valence electrons. The first-order valence-electron chi connectivity index (χ1n) is 12.8. The van der Waals surface area contributed by atoms with Crippen molar-refractivity contribution < 1.29 is 22.4 Å². The smallest absolute Gasteiger partial charge is 0.245 e. The third-order valence-electron chi connectivity index (χ3n) is 6.00. The molecular weight excluding hydrogens is 527 g/mol. The van der Waals surface area contributed by atoms with Crippen LogP contribution in [0.4, 0.5) is 4.39 Å². The number of benzene rings is 1. The summed E-state index contributed by atoms with van der Waals surface area (Å²) in [5.74, 6) is -1.69. The fourth-order valence-electron chi connectivity index (χ4n) is 4.18. The summed E-state index contributed by atoms with van der Waals surface area (Å²) in [4.78, 5) is 34.1. The summed E-state index contributed by atoms with van der Waals surface area (Å²) in [6.07, 6.45) is 4.22. The van der Waals surface area contributed by atoms with E-state index in [2.05, 4.69) is 34.4 Å². The number of carbonyl (C=O) groups is 2. The van der Waals surface area contributed by atoms with Crippen molar-refractivity contribution in [3.8, 4) is 11.1 Å². The molecule has 8 nitrogen and oxygen atoms in total. The maximum absolute atomic E-state index is 15.1. The zero-order valence-corrected chi connectivity index (χ0v) is 23.6. The summed E-state index contributed by atoms with van der Waals surface area (Å²) in [5.41, 5.74) is 2.17. The second-order valence-electron chi connectivity index (χ2n) is 10.7. The number of carbonyl (C=O) groups excluding carboxylic acids is 2. The van der Waals surface area contributed by atoms with Crippen molar-refractivity contribution in [2.24, 2.45) is 11.8 Å². The van der Waals surface area contributed by atoms with Gasteiger partial charge in [-0.1, -0.05) is 33.8 Å². The monoisotopic (exact) mass is 560 g/mol. The fraction of sp³-hybridized carbons (Fsp3) is 0.481. The Morgan fingerprint density at radius 2 is 1.87 bits per heavy atom. The number of amides is 2. The number of fused-ring (bicyclic) bond motifs is 1. The number of aromatic nitrogens is 2. The highest BCUT2D eigenvalue weighted by molar-refractivity contribution is 7.92. The molecule has 3 aromatic rings. The zero-order chi connectivity index (χ0) is 27.6. The van der Waals surface area contributed by atoms with Crippen LogP contribution in [-0.4, -0.2) is 48.5 Å². The van der Waals surface area contributed by atoms with Crippen molar-refractivity contribution in [2.45, 2.75) is 58.2 Å². The molecule has 2 heterocycles. The van der Waals surface area contributed by atoms with Gasteiger partial charge in [0.25, 0.3) is 0 Å². The van der Waals surface area contributed by atoms with E-state index >= 15 is 4.39 Å². The molecule has 0 radical (unpaired) electrons. The van der Waals surface area contributed by atoms with Crippen LogP contribution in [0.3, 0.4) is 0 Å². The van der Waals surface area contributed by atoms with E-state index in [1.807, 2.05) is 6.07 Å². The number of pyridine rings is 1. The normalized spacial score (nSPS) is 14.7. The molecule has 0 spiro atoms. The van der Waals surface area contributed by atoms with Crippen LogP contribution in [0.2, 0.25) is 0 Å². The highest BCUT2D eigenvalue weighted by Gasteiger charge is 2.38. The lowest BCUT2D eigenvalue weighted by Gasteiger charge is -2.16. The van der Waals surface area contributed by atoms with E-state index in [0.29, 0.717) is 27.3 Å². The zero-order valence-electron chi connectivity index (χ0n) is 22.0. The molecule has 4 rings (SSSR count). The Hall–Kier alpha value is -2.92. The van der Waals surface area contributed by atoms with Gasteiger partial charge in [-0.3, -0.25) is 14.6 Å². The van der Waals surface area contributed by atoms with Gasteiger partial charge in [-0.25, -0.2) is 17.8 Å². The molecule has 1 aliphatic carbocycles. The van der Waals surface area contributed by atoms with Crippen LogP contribution in [0, 0.1) is 17.7 Å². The molecule has 1 fully saturated rings. The number of nitrogens with one attached hydrogen (secondary N) is 2. The van der Waals surface area contributed by atoms with E-state index in [1.165, 1.54) is 6.07 Å². The summed E-state index contributed by atoms with van der Waals surface area (Å²) < 4.78 is 42.1. The largest absolute Gasteiger partial charge is 0.352 e. The van der Waals surface area contributed by atoms with Crippen molar-refractivity contribution in [1.82, 2.24) is 20.6 Å². The van der Waals surface area contributed by atoms with Crippen molar-refractivity contribution in [2.75, 3.05) is 12.3 Å². The van der Waals surface area contributed by atoms with Gasteiger partial charge in [0.2, 0.25) is 11.8 Å². The average Bonchev–Trinajstić information content (AvgIpc) is 3.53. The molecular formula is C27H33FN4O4S2. The van der Waals surface area contributed by atoms with Gasteiger partial charge in [-0.2, -0.15) is 0 Å². The Balaban J connectivity index is 1.65. The Kier molecular flexibility index (Phi) is 8.46. The Morgan fingerprint density at radius 1 is 1.13 bits per heavy atom. The number of nitrogens with zero attached hydrogens (tertiary/aromatic N) is 2. The second kappa shape index (κ2) is 11.4. The van der Waals surface area contributed by atoms with E-state index in [4.69, 9.17) is 0 Å². The molecule has 11 heteroatoms.